The molecule has 1 heterocycles. The van der Waals surface area contributed by atoms with Crippen molar-refractivity contribution >= 4 is 52.6 Å². The van der Waals surface area contributed by atoms with E-state index in [2.05, 4.69) is 9.98 Å². The predicted molar refractivity (Wildman–Crippen MR) is 88.1 cm³/mol. The third kappa shape index (κ3) is 4.35. The maximum absolute atomic E-state index is 5.81. The monoisotopic (exact) mass is 346 g/mol. The number of hydrogen-bond donors (Lipinski definition) is 1. The van der Waals surface area contributed by atoms with Gasteiger partial charge < -0.3 is 4.74 Å². The number of nitrogens with two attached hydrogens (primary N) is 1. The Morgan fingerprint density at radius 2 is 1.90 bits per heavy atom. The van der Waals surface area contributed by atoms with Gasteiger partial charge in [-0.2, -0.15) is 0 Å². The van der Waals surface area contributed by atoms with Gasteiger partial charge in [-0.25, -0.2) is 15.8 Å². The minimum Gasteiger partial charge on any atom is -0.497 e. The number of aliphatic imine (C=N–C) groups is 2. The molecule has 1 aromatic carbocycles. The van der Waals surface area contributed by atoms with Crippen LogP contribution in [0.3, 0.4) is 0 Å². The molecule has 0 radical (unpaired) electrons. The number of benzene rings is 1. The maximum atomic E-state index is 5.81. The standard InChI is InChI=1S/C13H13Cl3N4O/c1-21-10-5-2-9(3-6-10)4-7-11-18-8-20(17)12(19-11)13(14,15)16/h2-7H,8,17H2,1H3. The molecule has 8 heteroatoms. The molecule has 0 fully saturated rings. The van der Waals surface area contributed by atoms with Crippen molar-refractivity contribution in [2.24, 2.45) is 15.8 Å². The summed E-state index contributed by atoms with van der Waals surface area (Å²) in [5.41, 5.74) is 0.972. The van der Waals surface area contributed by atoms with Crippen LogP contribution in [0.2, 0.25) is 0 Å². The molecule has 0 saturated heterocycles. The van der Waals surface area contributed by atoms with Crippen molar-refractivity contribution < 1.29 is 4.74 Å². The van der Waals surface area contributed by atoms with Crippen molar-refractivity contribution in [2.75, 3.05) is 13.8 Å². The van der Waals surface area contributed by atoms with Crippen LogP contribution in [-0.2, 0) is 0 Å². The summed E-state index contributed by atoms with van der Waals surface area (Å²) in [7, 11) is 1.62. The normalized spacial score (nSPS) is 16.0. The highest BCUT2D eigenvalue weighted by Crippen LogP contribution is 2.29. The Morgan fingerprint density at radius 1 is 1.24 bits per heavy atom. The summed E-state index contributed by atoms with van der Waals surface area (Å²) >= 11 is 17.4. The van der Waals surface area contributed by atoms with Crippen molar-refractivity contribution in [1.82, 2.24) is 5.01 Å². The lowest BCUT2D eigenvalue weighted by atomic mass is 10.2. The van der Waals surface area contributed by atoms with Gasteiger partial charge >= 0.3 is 0 Å². The number of halogens is 3. The largest absolute Gasteiger partial charge is 0.497 e. The van der Waals surface area contributed by atoms with Crippen LogP contribution < -0.4 is 10.6 Å². The summed E-state index contributed by atoms with van der Waals surface area (Å²) in [6, 6.07) is 7.54. The van der Waals surface area contributed by atoms with Gasteiger partial charge in [-0.05, 0) is 23.8 Å². The van der Waals surface area contributed by atoms with Gasteiger partial charge in [-0.3, -0.25) is 5.01 Å². The zero-order valence-electron chi connectivity index (χ0n) is 11.1. The average Bonchev–Trinajstić information content (AvgIpc) is 2.45. The summed E-state index contributed by atoms with van der Waals surface area (Å²) in [6.07, 6.45) is 3.58. The van der Waals surface area contributed by atoms with E-state index in [0.29, 0.717) is 5.84 Å². The Balaban J connectivity index is 2.15. The second-order valence-corrected chi connectivity index (χ2v) is 6.45. The van der Waals surface area contributed by atoms with Crippen LogP contribution in [0, 0.1) is 0 Å². The Labute approximate surface area is 137 Å². The Bertz CT molecular complexity index is 590. The van der Waals surface area contributed by atoms with Crippen molar-refractivity contribution in [2.45, 2.75) is 3.79 Å². The highest BCUT2D eigenvalue weighted by Gasteiger charge is 2.33. The van der Waals surface area contributed by atoms with Gasteiger partial charge in [-0.15, -0.1) is 0 Å². The Hall–Kier alpha value is -1.27. The lowest BCUT2D eigenvalue weighted by molar-refractivity contribution is 0.415. The lowest BCUT2D eigenvalue weighted by Gasteiger charge is -2.26. The van der Waals surface area contributed by atoms with Gasteiger partial charge in [0.1, 0.15) is 12.4 Å². The second-order valence-electron chi connectivity index (χ2n) is 4.17. The molecule has 0 aromatic heterocycles. The molecule has 112 valence electrons. The number of rotatable bonds is 3. The molecule has 5 nitrogen and oxygen atoms in total. The van der Waals surface area contributed by atoms with Crippen LogP contribution in [0.25, 0.3) is 6.08 Å². The molecule has 0 aliphatic carbocycles. The number of amidine groups is 2. The Morgan fingerprint density at radius 3 is 2.48 bits per heavy atom. The fourth-order valence-electron chi connectivity index (χ4n) is 1.63. The van der Waals surface area contributed by atoms with Crippen molar-refractivity contribution in [3.05, 3.63) is 35.9 Å². The van der Waals surface area contributed by atoms with Crippen LogP contribution >= 0.6 is 34.8 Å². The third-order valence-corrected chi connectivity index (χ3v) is 3.18. The van der Waals surface area contributed by atoms with Crippen molar-refractivity contribution in [3.63, 3.8) is 0 Å². The number of alkyl halides is 3. The lowest BCUT2D eigenvalue weighted by Crippen LogP contribution is -2.46. The fourth-order valence-corrected chi connectivity index (χ4v) is 2.08. The van der Waals surface area contributed by atoms with Gasteiger partial charge in [0.15, 0.2) is 11.7 Å². The Kier molecular flexibility index (Phi) is 5.11. The van der Waals surface area contributed by atoms with Gasteiger partial charge in [-0.1, -0.05) is 53.0 Å². The minimum atomic E-state index is -1.69. The molecule has 0 unspecified atom stereocenters. The van der Waals surface area contributed by atoms with Crippen LogP contribution in [0.4, 0.5) is 0 Å². The molecule has 0 atom stereocenters. The molecule has 1 aromatic rings. The SMILES string of the molecule is COc1ccc(C=CC2=NCN(N)C(C(Cl)(Cl)Cl)=N2)cc1. The molecule has 0 bridgehead atoms. The molecule has 2 rings (SSSR count). The van der Waals surface area contributed by atoms with Gasteiger partial charge in [0, 0.05) is 0 Å². The average molecular weight is 348 g/mol. The second kappa shape index (κ2) is 6.66. The highest BCUT2D eigenvalue weighted by atomic mass is 35.6. The molecule has 0 spiro atoms. The fraction of sp³-hybridized carbons (Fsp3) is 0.231. The summed E-state index contributed by atoms with van der Waals surface area (Å²) < 4.78 is 3.40. The van der Waals surface area contributed by atoms with E-state index < -0.39 is 3.79 Å². The van der Waals surface area contributed by atoms with Crippen molar-refractivity contribution in [3.8, 4) is 5.75 Å². The van der Waals surface area contributed by atoms with Gasteiger partial charge in [0.2, 0.25) is 3.79 Å². The number of methoxy groups -OCH3 is 1. The van der Waals surface area contributed by atoms with Crippen molar-refractivity contribution in [1.29, 1.82) is 0 Å². The maximum Gasteiger partial charge on any atom is 0.249 e. The molecular weight excluding hydrogens is 335 g/mol. The molecule has 1 aliphatic rings. The number of hydrazine groups is 1. The minimum absolute atomic E-state index is 0.136. The number of ether oxygens (including phenoxy) is 1. The van der Waals surface area contributed by atoms with Crippen LogP contribution in [-0.4, -0.2) is 34.3 Å². The zero-order valence-corrected chi connectivity index (χ0v) is 13.4. The topological polar surface area (TPSA) is 63.2 Å². The van der Waals surface area contributed by atoms with Crippen LogP contribution in [0.15, 0.2) is 40.3 Å². The highest BCUT2D eigenvalue weighted by molar-refractivity contribution is 6.76. The first-order chi connectivity index (χ1) is 9.90. The molecule has 21 heavy (non-hydrogen) atoms. The molecule has 2 N–H and O–H groups in total. The van der Waals surface area contributed by atoms with E-state index in [1.54, 1.807) is 13.2 Å². The first kappa shape index (κ1) is 16.1. The summed E-state index contributed by atoms with van der Waals surface area (Å²) in [5.74, 6) is 7.03. The predicted octanol–water partition coefficient (Wildman–Crippen LogP) is 3.02. The quantitative estimate of drug-likeness (QED) is 0.675. The smallest absolute Gasteiger partial charge is 0.249 e. The number of hydrogen-bond acceptors (Lipinski definition) is 5. The van der Waals surface area contributed by atoms with E-state index in [4.69, 9.17) is 45.4 Å². The summed E-state index contributed by atoms with van der Waals surface area (Å²) in [6.45, 7) is 0.176. The van der Waals surface area contributed by atoms with Crippen LogP contribution in [0.1, 0.15) is 5.56 Å². The van der Waals surface area contributed by atoms with E-state index in [9.17, 15) is 0 Å². The molecule has 0 amide bonds. The summed E-state index contributed by atoms with van der Waals surface area (Å²) in [4.78, 5) is 8.31. The summed E-state index contributed by atoms with van der Waals surface area (Å²) in [5, 5.41) is 1.19. The third-order valence-electron chi connectivity index (χ3n) is 2.67. The first-order valence-electron chi connectivity index (χ1n) is 5.95. The number of nitrogens with zero attached hydrogens (tertiary/aromatic N) is 3. The zero-order chi connectivity index (χ0) is 15.5. The molecule has 1 aliphatic heterocycles. The molecular formula is C13H13Cl3N4O. The van der Waals surface area contributed by atoms with E-state index in [1.165, 1.54) is 5.01 Å². The first-order valence-corrected chi connectivity index (χ1v) is 7.08. The van der Waals surface area contributed by atoms with Gasteiger partial charge in [0.25, 0.3) is 0 Å². The van der Waals surface area contributed by atoms with E-state index in [1.807, 2.05) is 30.3 Å². The van der Waals surface area contributed by atoms with Crippen LogP contribution in [0.5, 0.6) is 5.75 Å². The van der Waals surface area contributed by atoms with E-state index in [-0.39, 0.29) is 12.5 Å². The van der Waals surface area contributed by atoms with Gasteiger partial charge in [0.05, 0.1) is 7.11 Å². The molecule has 0 saturated carbocycles. The van der Waals surface area contributed by atoms with E-state index >= 15 is 0 Å². The van der Waals surface area contributed by atoms with E-state index in [0.717, 1.165) is 11.3 Å².